The number of halogens is 1. The van der Waals surface area contributed by atoms with Gasteiger partial charge in [-0.1, -0.05) is 23.9 Å². The van der Waals surface area contributed by atoms with Crippen LogP contribution in [0.4, 0.5) is 4.39 Å². The number of hydrogen-bond donors (Lipinski definition) is 0. The number of nitrogens with zero attached hydrogens (tertiary/aromatic N) is 2. The van der Waals surface area contributed by atoms with E-state index in [1.165, 1.54) is 23.9 Å². The molecule has 0 fully saturated rings. The number of carbonyl (C=O) groups excluding carboxylic acids is 1. The van der Waals surface area contributed by atoms with E-state index >= 15 is 0 Å². The van der Waals surface area contributed by atoms with Crippen molar-refractivity contribution in [1.82, 2.24) is 4.90 Å². The standard InChI is InChI=1S/C16H13FN2O2S/c1-22-16-18-14(9-13-3-2-8-21-13)15(20)19(16)10-11-4-6-12(17)7-5-11/h2-9H,10H2,1H3/b14-9-. The van der Waals surface area contributed by atoms with Crippen molar-refractivity contribution in [1.29, 1.82) is 0 Å². The van der Waals surface area contributed by atoms with E-state index in [9.17, 15) is 9.18 Å². The molecule has 2 heterocycles. The lowest BCUT2D eigenvalue weighted by Gasteiger charge is -2.16. The molecule has 0 bridgehead atoms. The minimum atomic E-state index is -0.298. The molecule has 22 heavy (non-hydrogen) atoms. The molecule has 0 N–H and O–H groups in total. The average molecular weight is 316 g/mol. The molecule has 0 saturated heterocycles. The molecule has 0 atom stereocenters. The van der Waals surface area contributed by atoms with E-state index < -0.39 is 0 Å². The summed E-state index contributed by atoms with van der Waals surface area (Å²) in [5, 5.41) is 0.618. The summed E-state index contributed by atoms with van der Waals surface area (Å²) in [6.45, 7) is 0.355. The maximum atomic E-state index is 13.0. The van der Waals surface area contributed by atoms with E-state index in [1.54, 1.807) is 41.5 Å². The van der Waals surface area contributed by atoms with Crippen LogP contribution in [0, 0.1) is 5.82 Å². The smallest absolute Gasteiger partial charge is 0.278 e. The molecule has 4 nitrogen and oxygen atoms in total. The van der Waals surface area contributed by atoms with E-state index in [1.807, 2.05) is 6.26 Å². The number of furan rings is 1. The van der Waals surface area contributed by atoms with Crippen molar-refractivity contribution >= 4 is 28.9 Å². The second-order valence-corrected chi connectivity index (χ2v) is 5.43. The Hall–Kier alpha value is -2.34. The third kappa shape index (κ3) is 2.96. The largest absolute Gasteiger partial charge is 0.465 e. The van der Waals surface area contributed by atoms with Gasteiger partial charge in [-0.3, -0.25) is 9.69 Å². The summed E-state index contributed by atoms with van der Waals surface area (Å²) in [6.07, 6.45) is 5.02. The second kappa shape index (κ2) is 6.19. The van der Waals surface area contributed by atoms with E-state index in [4.69, 9.17) is 4.42 Å². The summed E-state index contributed by atoms with van der Waals surface area (Å²) < 4.78 is 18.2. The molecule has 0 spiro atoms. The van der Waals surface area contributed by atoms with Crippen molar-refractivity contribution < 1.29 is 13.6 Å². The van der Waals surface area contributed by atoms with Gasteiger partial charge in [-0.15, -0.1) is 0 Å². The average Bonchev–Trinajstić information content (AvgIpc) is 3.13. The predicted octanol–water partition coefficient (Wildman–Crippen LogP) is 3.52. The Morgan fingerprint density at radius 3 is 2.73 bits per heavy atom. The van der Waals surface area contributed by atoms with Crippen LogP contribution in [0.1, 0.15) is 11.3 Å². The summed E-state index contributed by atoms with van der Waals surface area (Å²) >= 11 is 1.39. The van der Waals surface area contributed by atoms with Gasteiger partial charge in [0.15, 0.2) is 5.17 Å². The van der Waals surface area contributed by atoms with Crippen LogP contribution < -0.4 is 0 Å². The maximum absolute atomic E-state index is 13.0. The van der Waals surface area contributed by atoms with Gasteiger partial charge in [0, 0.05) is 6.08 Å². The molecule has 3 rings (SSSR count). The molecule has 1 aromatic carbocycles. The van der Waals surface area contributed by atoms with E-state index in [0.29, 0.717) is 23.2 Å². The van der Waals surface area contributed by atoms with Gasteiger partial charge in [0.25, 0.3) is 5.91 Å². The van der Waals surface area contributed by atoms with Crippen LogP contribution in [0.15, 0.2) is 57.8 Å². The molecule has 2 aromatic rings. The predicted molar refractivity (Wildman–Crippen MR) is 84.6 cm³/mol. The van der Waals surface area contributed by atoms with E-state index in [-0.39, 0.29) is 11.7 Å². The lowest BCUT2D eigenvalue weighted by Crippen LogP contribution is -2.29. The molecule has 0 unspecified atom stereocenters. The molecule has 1 aliphatic rings. The van der Waals surface area contributed by atoms with Gasteiger partial charge in [-0.05, 0) is 36.1 Å². The van der Waals surface area contributed by atoms with Gasteiger partial charge in [0.2, 0.25) is 0 Å². The van der Waals surface area contributed by atoms with Crippen molar-refractivity contribution in [3.8, 4) is 0 Å². The first kappa shape index (κ1) is 14.6. The normalized spacial score (nSPS) is 16.5. The zero-order chi connectivity index (χ0) is 15.5. The lowest BCUT2D eigenvalue weighted by molar-refractivity contribution is -0.122. The fourth-order valence-corrected chi connectivity index (χ4v) is 2.66. The molecule has 112 valence electrons. The van der Waals surface area contributed by atoms with Crippen LogP contribution in [0.2, 0.25) is 0 Å². The lowest BCUT2D eigenvalue weighted by atomic mass is 10.2. The van der Waals surface area contributed by atoms with Crippen molar-refractivity contribution in [3.63, 3.8) is 0 Å². The fraction of sp³-hybridized carbons (Fsp3) is 0.125. The Bertz CT molecular complexity index is 736. The molecule has 6 heteroatoms. The van der Waals surface area contributed by atoms with Crippen molar-refractivity contribution in [2.75, 3.05) is 6.26 Å². The highest BCUT2D eigenvalue weighted by atomic mass is 32.2. The summed E-state index contributed by atoms with van der Waals surface area (Å²) in [6, 6.07) is 9.60. The van der Waals surface area contributed by atoms with Crippen LogP contribution in [0.3, 0.4) is 0 Å². The third-order valence-electron chi connectivity index (χ3n) is 3.17. The van der Waals surface area contributed by atoms with Gasteiger partial charge in [-0.25, -0.2) is 9.38 Å². The number of amides is 1. The number of aliphatic imine (C=N–C) groups is 1. The fourth-order valence-electron chi connectivity index (χ4n) is 2.11. The molecule has 0 saturated carbocycles. The Labute approximate surface area is 131 Å². The molecular formula is C16H13FN2O2S. The minimum Gasteiger partial charge on any atom is -0.465 e. The Balaban J connectivity index is 1.84. The van der Waals surface area contributed by atoms with Crippen molar-refractivity contribution in [2.24, 2.45) is 4.99 Å². The van der Waals surface area contributed by atoms with Gasteiger partial charge >= 0.3 is 0 Å². The number of benzene rings is 1. The third-order valence-corrected chi connectivity index (χ3v) is 3.85. The molecule has 1 aromatic heterocycles. The summed E-state index contributed by atoms with van der Waals surface area (Å²) in [7, 11) is 0. The van der Waals surface area contributed by atoms with Gasteiger partial charge in [0.05, 0.1) is 12.8 Å². The Morgan fingerprint density at radius 1 is 1.32 bits per heavy atom. The molecular weight excluding hydrogens is 303 g/mol. The summed E-state index contributed by atoms with van der Waals surface area (Å²) in [4.78, 5) is 18.4. The highest BCUT2D eigenvalue weighted by Gasteiger charge is 2.30. The first-order valence-corrected chi connectivity index (χ1v) is 7.84. The topological polar surface area (TPSA) is 45.8 Å². The Morgan fingerprint density at radius 2 is 2.09 bits per heavy atom. The minimum absolute atomic E-state index is 0.190. The number of carbonyl (C=O) groups is 1. The SMILES string of the molecule is CSC1=N/C(=C\c2ccco2)C(=O)N1Cc1ccc(F)cc1. The summed E-state index contributed by atoms with van der Waals surface area (Å²) in [5.74, 6) is 0.0925. The van der Waals surface area contributed by atoms with Crippen molar-refractivity contribution in [3.05, 3.63) is 65.5 Å². The van der Waals surface area contributed by atoms with E-state index in [0.717, 1.165) is 5.56 Å². The molecule has 0 radical (unpaired) electrons. The number of thioether (sulfide) groups is 1. The Kier molecular flexibility index (Phi) is 4.11. The van der Waals surface area contributed by atoms with Crippen molar-refractivity contribution in [2.45, 2.75) is 6.54 Å². The second-order valence-electron chi connectivity index (χ2n) is 4.66. The van der Waals surface area contributed by atoms with Gasteiger partial charge in [-0.2, -0.15) is 0 Å². The van der Waals surface area contributed by atoms with Crippen LogP contribution in [-0.2, 0) is 11.3 Å². The van der Waals surface area contributed by atoms with E-state index in [2.05, 4.69) is 4.99 Å². The quantitative estimate of drug-likeness (QED) is 0.814. The highest BCUT2D eigenvalue weighted by Crippen LogP contribution is 2.24. The first-order chi connectivity index (χ1) is 10.7. The van der Waals surface area contributed by atoms with Crippen LogP contribution in [0.25, 0.3) is 6.08 Å². The first-order valence-electron chi connectivity index (χ1n) is 6.61. The zero-order valence-corrected chi connectivity index (χ0v) is 12.6. The molecule has 1 amide bonds. The van der Waals surface area contributed by atoms with Crippen LogP contribution in [0.5, 0.6) is 0 Å². The molecule has 0 aliphatic carbocycles. The van der Waals surface area contributed by atoms with Crippen LogP contribution >= 0.6 is 11.8 Å². The monoisotopic (exact) mass is 316 g/mol. The highest BCUT2D eigenvalue weighted by molar-refractivity contribution is 8.13. The zero-order valence-electron chi connectivity index (χ0n) is 11.8. The number of hydrogen-bond acceptors (Lipinski definition) is 4. The molecule has 1 aliphatic heterocycles. The maximum Gasteiger partial charge on any atom is 0.278 e. The van der Waals surface area contributed by atoms with Gasteiger partial charge < -0.3 is 4.42 Å². The number of rotatable bonds is 3. The van der Waals surface area contributed by atoms with Crippen LogP contribution in [-0.4, -0.2) is 22.2 Å². The number of amidine groups is 1. The van der Waals surface area contributed by atoms with Gasteiger partial charge in [0.1, 0.15) is 17.3 Å². The summed E-state index contributed by atoms with van der Waals surface area (Å²) in [5.41, 5.74) is 1.18.